The highest BCUT2D eigenvalue weighted by Crippen LogP contribution is 2.30. The number of hydrogen-bond acceptors (Lipinski definition) is 4. The molecule has 0 atom stereocenters. The largest absolute Gasteiger partial charge is 0.493 e. The van der Waals surface area contributed by atoms with Gasteiger partial charge in [-0.05, 0) is 36.8 Å². The molecule has 0 unspecified atom stereocenters. The lowest BCUT2D eigenvalue weighted by molar-refractivity contribution is 0.311. The van der Waals surface area contributed by atoms with Crippen LogP contribution in [0.3, 0.4) is 0 Å². The van der Waals surface area contributed by atoms with Crippen LogP contribution in [0.2, 0.25) is 0 Å². The average Bonchev–Trinajstić information content (AvgIpc) is 3.27. The van der Waals surface area contributed by atoms with Crippen molar-refractivity contribution in [3.8, 4) is 11.5 Å². The lowest BCUT2D eigenvalue weighted by Gasteiger charge is -2.19. The maximum atomic E-state index is 5.57. The number of benzene rings is 2. The van der Waals surface area contributed by atoms with E-state index in [2.05, 4.69) is 56.9 Å². The highest BCUT2D eigenvalue weighted by molar-refractivity contribution is 5.93. The van der Waals surface area contributed by atoms with Gasteiger partial charge in [0.1, 0.15) is 0 Å². The molecular weight excluding hydrogens is 352 g/mol. The van der Waals surface area contributed by atoms with E-state index < -0.39 is 0 Å². The third-order valence-corrected chi connectivity index (χ3v) is 4.50. The number of nitrogens with one attached hydrogen (secondary N) is 2. The fraction of sp³-hybridized carbons (Fsp3) is 0.318. The summed E-state index contributed by atoms with van der Waals surface area (Å²) in [6.45, 7) is 5.17. The Morgan fingerprint density at radius 3 is 2.64 bits per heavy atom. The van der Waals surface area contributed by atoms with Gasteiger partial charge in [-0.15, -0.1) is 0 Å². The normalized spacial score (nSPS) is 13.5. The van der Waals surface area contributed by atoms with E-state index in [-0.39, 0.29) is 0 Å². The van der Waals surface area contributed by atoms with Crippen LogP contribution in [0.4, 0.5) is 11.4 Å². The van der Waals surface area contributed by atoms with Gasteiger partial charge in [-0.3, -0.25) is 4.99 Å². The van der Waals surface area contributed by atoms with Crippen LogP contribution in [-0.4, -0.2) is 39.8 Å². The molecule has 148 valence electrons. The Labute approximate surface area is 166 Å². The molecule has 2 N–H and O–H groups in total. The summed E-state index contributed by atoms with van der Waals surface area (Å²) in [7, 11) is 3.39. The van der Waals surface area contributed by atoms with E-state index in [1.807, 2.05) is 25.1 Å². The highest BCUT2D eigenvalue weighted by Gasteiger charge is 2.09. The predicted octanol–water partition coefficient (Wildman–Crippen LogP) is 3.66. The number of guanidine groups is 1. The van der Waals surface area contributed by atoms with Gasteiger partial charge in [0.25, 0.3) is 0 Å². The number of rotatable bonds is 7. The van der Waals surface area contributed by atoms with Crippen molar-refractivity contribution >= 4 is 17.3 Å². The molecule has 0 saturated heterocycles. The minimum absolute atomic E-state index is 0.596. The minimum atomic E-state index is 0.596. The third-order valence-electron chi connectivity index (χ3n) is 4.50. The van der Waals surface area contributed by atoms with E-state index in [0.29, 0.717) is 24.9 Å². The Hall–Kier alpha value is -3.15. The van der Waals surface area contributed by atoms with Crippen molar-refractivity contribution in [1.29, 1.82) is 0 Å². The first-order valence-corrected chi connectivity index (χ1v) is 9.51. The number of anilines is 2. The van der Waals surface area contributed by atoms with Crippen molar-refractivity contribution in [3.05, 3.63) is 60.2 Å². The molecule has 1 aliphatic heterocycles. The first-order valence-electron chi connectivity index (χ1n) is 9.51. The maximum absolute atomic E-state index is 5.57. The summed E-state index contributed by atoms with van der Waals surface area (Å²) < 4.78 is 11.0. The molecule has 0 bridgehead atoms. The van der Waals surface area contributed by atoms with Crippen LogP contribution in [0.1, 0.15) is 12.5 Å². The molecule has 0 aliphatic carbocycles. The lowest BCUT2D eigenvalue weighted by Crippen LogP contribution is -2.30. The molecule has 0 spiro atoms. The van der Waals surface area contributed by atoms with Crippen LogP contribution >= 0.6 is 0 Å². The zero-order valence-electron chi connectivity index (χ0n) is 16.7. The zero-order valence-corrected chi connectivity index (χ0v) is 16.7. The van der Waals surface area contributed by atoms with E-state index in [1.54, 1.807) is 14.2 Å². The maximum Gasteiger partial charge on any atom is 0.195 e. The Kier molecular flexibility index (Phi) is 6.78. The van der Waals surface area contributed by atoms with Crippen molar-refractivity contribution in [3.63, 3.8) is 0 Å². The lowest BCUT2D eigenvalue weighted by atomic mass is 10.2. The summed E-state index contributed by atoms with van der Waals surface area (Å²) >= 11 is 0. The molecule has 0 saturated carbocycles. The molecule has 1 heterocycles. The van der Waals surface area contributed by atoms with Gasteiger partial charge >= 0.3 is 0 Å². The second kappa shape index (κ2) is 9.69. The number of aliphatic imine (C=N–C) groups is 1. The molecule has 6 nitrogen and oxygen atoms in total. The molecular formula is C22H28N4O2. The van der Waals surface area contributed by atoms with Crippen molar-refractivity contribution in [1.82, 2.24) is 5.32 Å². The first-order chi connectivity index (χ1) is 13.7. The van der Waals surface area contributed by atoms with Gasteiger partial charge in [0, 0.05) is 44.1 Å². The number of nitrogens with zero attached hydrogens (tertiary/aromatic N) is 2. The van der Waals surface area contributed by atoms with Crippen molar-refractivity contribution in [2.45, 2.75) is 13.5 Å². The standard InChI is InChI=1S/C22H28N4O2/c1-4-28-20-11-10-18(15-21(20)27-3)25-22(23-2)24-16-17-8-7-9-19(14-17)26-12-5-6-13-26/h5-11,14-15H,4,12-13,16H2,1-3H3,(H2,23,24,25). The molecule has 0 amide bonds. The molecule has 0 aromatic heterocycles. The van der Waals surface area contributed by atoms with E-state index >= 15 is 0 Å². The van der Waals surface area contributed by atoms with Crippen LogP contribution in [-0.2, 0) is 6.54 Å². The fourth-order valence-corrected chi connectivity index (χ4v) is 3.07. The average molecular weight is 380 g/mol. The van der Waals surface area contributed by atoms with E-state index in [4.69, 9.17) is 9.47 Å². The Balaban J connectivity index is 1.61. The quantitative estimate of drug-likeness (QED) is 0.436. The van der Waals surface area contributed by atoms with Gasteiger partial charge in [-0.1, -0.05) is 24.3 Å². The van der Waals surface area contributed by atoms with Crippen LogP contribution in [0, 0.1) is 0 Å². The SMILES string of the molecule is CCOc1ccc(NC(=NC)NCc2cccc(N3CC=CC3)c2)cc1OC. The summed E-state index contributed by atoms with van der Waals surface area (Å²) in [6.07, 6.45) is 4.39. The number of methoxy groups -OCH3 is 1. The van der Waals surface area contributed by atoms with Crippen LogP contribution < -0.4 is 25.0 Å². The molecule has 2 aromatic carbocycles. The summed E-state index contributed by atoms with van der Waals surface area (Å²) in [5.74, 6) is 2.11. The Morgan fingerprint density at radius 1 is 1.11 bits per heavy atom. The summed E-state index contributed by atoms with van der Waals surface area (Å²) in [4.78, 5) is 6.65. The van der Waals surface area contributed by atoms with Gasteiger partial charge in [0.15, 0.2) is 17.5 Å². The van der Waals surface area contributed by atoms with Crippen LogP contribution in [0.15, 0.2) is 59.6 Å². The monoisotopic (exact) mass is 380 g/mol. The smallest absolute Gasteiger partial charge is 0.195 e. The van der Waals surface area contributed by atoms with Gasteiger partial charge in [-0.25, -0.2) is 0 Å². The topological polar surface area (TPSA) is 58.1 Å². The highest BCUT2D eigenvalue weighted by atomic mass is 16.5. The molecule has 0 radical (unpaired) electrons. The molecule has 2 aromatic rings. The second-order valence-electron chi connectivity index (χ2n) is 6.40. The predicted molar refractivity (Wildman–Crippen MR) is 116 cm³/mol. The van der Waals surface area contributed by atoms with Crippen molar-refractivity contribution in [2.75, 3.05) is 44.1 Å². The van der Waals surface area contributed by atoms with E-state index in [0.717, 1.165) is 24.5 Å². The van der Waals surface area contributed by atoms with Gasteiger partial charge in [0.2, 0.25) is 0 Å². The van der Waals surface area contributed by atoms with Crippen molar-refractivity contribution < 1.29 is 9.47 Å². The molecule has 28 heavy (non-hydrogen) atoms. The summed E-state index contributed by atoms with van der Waals surface area (Å²) in [5, 5.41) is 6.66. The molecule has 1 aliphatic rings. The summed E-state index contributed by atoms with van der Waals surface area (Å²) in [6, 6.07) is 14.3. The van der Waals surface area contributed by atoms with Crippen LogP contribution in [0.25, 0.3) is 0 Å². The summed E-state index contributed by atoms with van der Waals surface area (Å²) in [5.41, 5.74) is 3.32. The molecule has 0 fully saturated rings. The van der Waals surface area contributed by atoms with Gasteiger partial charge < -0.3 is 25.0 Å². The van der Waals surface area contributed by atoms with Gasteiger partial charge in [-0.2, -0.15) is 0 Å². The third kappa shape index (κ3) is 4.97. The molecule has 6 heteroatoms. The van der Waals surface area contributed by atoms with Gasteiger partial charge in [0.05, 0.1) is 13.7 Å². The first kappa shape index (κ1) is 19.6. The molecule has 3 rings (SSSR count). The van der Waals surface area contributed by atoms with Crippen LogP contribution in [0.5, 0.6) is 11.5 Å². The van der Waals surface area contributed by atoms with E-state index in [1.165, 1.54) is 11.3 Å². The minimum Gasteiger partial charge on any atom is -0.493 e. The van der Waals surface area contributed by atoms with E-state index in [9.17, 15) is 0 Å². The number of ether oxygens (including phenoxy) is 2. The Morgan fingerprint density at radius 2 is 1.93 bits per heavy atom. The van der Waals surface area contributed by atoms with Crippen molar-refractivity contribution in [2.24, 2.45) is 4.99 Å². The second-order valence-corrected chi connectivity index (χ2v) is 6.40. The number of hydrogen-bond donors (Lipinski definition) is 2. The zero-order chi connectivity index (χ0) is 19.8. The fourth-order valence-electron chi connectivity index (χ4n) is 3.07. The Bertz CT molecular complexity index is 840.